The van der Waals surface area contributed by atoms with E-state index in [0.29, 0.717) is 22.0 Å². The number of ether oxygens (including phenoxy) is 1. The van der Waals surface area contributed by atoms with E-state index in [9.17, 15) is 9.59 Å². The Balaban J connectivity index is 1.79. The van der Waals surface area contributed by atoms with E-state index in [1.807, 2.05) is 13.0 Å². The third kappa shape index (κ3) is 3.07. The zero-order valence-electron chi connectivity index (χ0n) is 13.2. The lowest BCUT2D eigenvalue weighted by Crippen LogP contribution is -2.34. The number of anilines is 2. The molecule has 0 unspecified atom stereocenters. The van der Waals surface area contributed by atoms with Gasteiger partial charge in [0.15, 0.2) is 6.10 Å². The SMILES string of the molecule is CCc1sc(C(=O)Nc2ccc3c(c2)NC(=O)[C@@H](C)O3)cc1C. The molecule has 6 heteroatoms. The first-order valence-electron chi connectivity index (χ1n) is 7.50. The van der Waals surface area contributed by atoms with Crippen molar-refractivity contribution in [1.82, 2.24) is 0 Å². The summed E-state index contributed by atoms with van der Waals surface area (Å²) in [4.78, 5) is 25.9. The summed E-state index contributed by atoms with van der Waals surface area (Å²) >= 11 is 1.51. The number of amides is 2. The molecule has 2 heterocycles. The highest BCUT2D eigenvalue weighted by molar-refractivity contribution is 7.14. The van der Waals surface area contributed by atoms with E-state index in [-0.39, 0.29) is 11.8 Å². The molecule has 1 aliphatic heterocycles. The zero-order chi connectivity index (χ0) is 16.6. The van der Waals surface area contributed by atoms with Gasteiger partial charge < -0.3 is 15.4 Å². The van der Waals surface area contributed by atoms with Gasteiger partial charge in [-0.15, -0.1) is 11.3 Å². The molecule has 0 saturated heterocycles. The summed E-state index contributed by atoms with van der Waals surface area (Å²) in [7, 11) is 0. The van der Waals surface area contributed by atoms with Gasteiger partial charge in [-0.3, -0.25) is 9.59 Å². The van der Waals surface area contributed by atoms with E-state index >= 15 is 0 Å². The molecular weight excluding hydrogens is 312 g/mol. The van der Waals surface area contributed by atoms with E-state index in [4.69, 9.17) is 4.74 Å². The summed E-state index contributed by atoms with van der Waals surface area (Å²) in [6, 6.07) is 7.13. The minimum Gasteiger partial charge on any atom is -0.479 e. The predicted octanol–water partition coefficient (Wildman–Crippen LogP) is 3.59. The molecule has 2 aromatic rings. The predicted molar refractivity (Wildman–Crippen MR) is 91.5 cm³/mol. The Morgan fingerprint density at radius 2 is 2.17 bits per heavy atom. The largest absolute Gasteiger partial charge is 0.479 e. The van der Waals surface area contributed by atoms with Crippen molar-refractivity contribution >= 4 is 34.5 Å². The number of fused-ring (bicyclic) bond motifs is 1. The van der Waals surface area contributed by atoms with Crippen LogP contribution in [0.5, 0.6) is 5.75 Å². The van der Waals surface area contributed by atoms with Crippen molar-refractivity contribution < 1.29 is 14.3 Å². The number of hydrogen-bond donors (Lipinski definition) is 2. The fourth-order valence-corrected chi connectivity index (χ4v) is 3.47. The van der Waals surface area contributed by atoms with Crippen molar-refractivity contribution in [1.29, 1.82) is 0 Å². The summed E-state index contributed by atoms with van der Waals surface area (Å²) in [5.41, 5.74) is 2.33. The van der Waals surface area contributed by atoms with Crippen LogP contribution >= 0.6 is 11.3 Å². The highest BCUT2D eigenvalue weighted by Crippen LogP contribution is 2.32. The van der Waals surface area contributed by atoms with Crippen molar-refractivity contribution in [2.75, 3.05) is 10.6 Å². The average Bonchev–Trinajstić information content (AvgIpc) is 2.90. The maximum absolute atomic E-state index is 12.4. The first-order chi connectivity index (χ1) is 11.0. The second-order valence-electron chi connectivity index (χ2n) is 5.48. The van der Waals surface area contributed by atoms with E-state index in [0.717, 1.165) is 12.0 Å². The number of carbonyl (C=O) groups excluding carboxylic acids is 2. The van der Waals surface area contributed by atoms with Gasteiger partial charge >= 0.3 is 0 Å². The minimum atomic E-state index is -0.510. The van der Waals surface area contributed by atoms with Crippen molar-refractivity contribution in [3.05, 3.63) is 39.6 Å². The molecule has 1 aromatic heterocycles. The van der Waals surface area contributed by atoms with E-state index in [1.165, 1.54) is 16.2 Å². The number of thiophene rings is 1. The summed E-state index contributed by atoms with van der Waals surface area (Å²) in [6.07, 6.45) is 0.411. The van der Waals surface area contributed by atoms with Crippen molar-refractivity contribution in [3.63, 3.8) is 0 Å². The summed E-state index contributed by atoms with van der Waals surface area (Å²) in [5, 5.41) is 5.64. The molecule has 3 rings (SSSR count). The van der Waals surface area contributed by atoms with Gasteiger partial charge in [0.1, 0.15) is 5.75 Å². The number of benzene rings is 1. The molecule has 0 saturated carbocycles. The molecule has 120 valence electrons. The maximum atomic E-state index is 12.4. The Labute approximate surface area is 138 Å². The number of carbonyl (C=O) groups is 2. The van der Waals surface area contributed by atoms with Crippen LogP contribution in [0.3, 0.4) is 0 Å². The molecule has 1 aliphatic rings. The summed E-state index contributed by atoms with van der Waals surface area (Å²) < 4.78 is 5.50. The first kappa shape index (κ1) is 15.6. The molecule has 1 aromatic carbocycles. The van der Waals surface area contributed by atoms with E-state index < -0.39 is 6.10 Å². The van der Waals surface area contributed by atoms with Crippen LogP contribution in [0.25, 0.3) is 0 Å². The van der Waals surface area contributed by atoms with Crippen LogP contribution in [0, 0.1) is 6.92 Å². The van der Waals surface area contributed by atoms with Crippen LogP contribution in [0.1, 0.15) is 34.0 Å². The van der Waals surface area contributed by atoms with Gasteiger partial charge in [0.05, 0.1) is 10.6 Å². The molecule has 0 fully saturated rings. The standard InChI is InChI=1S/C17H18N2O3S/c1-4-14-9(2)7-15(23-14)17(21)18-11-5-6-13-12(8-11)19-16(20)10(3)22-13/h5-8,10H,4H2,1-3H3,(H,18,21)(H,19,20)/t10-/m1/s1. The highest BCUT2D eigenvalue weighted by atomic mass is 32.1. The minimum absolute atomic E-state index is 0.144. The Hall–Kier alpha value is -2.34. The fraction of sp³-hybridized carbons (Fsp3) is 0.294. The molecule has 23 heavy (non-hydrogen) atoms. The molecule has 0 aliphatic carbocycles. The van der Waals surface area contributed by atoms with Gasteiger partial charge in [-0.25, -0.2) is 0 Å². The monoisotopic (exact) mass is 330 g/mol. The van der Waals surface area contributed by atoms with E-state index in [2.05, 4.69) is 17.6 Å². The fourth-order valence-electron chi connectivity index (χ4n) is 2.46. The zero-order valence-corrected chi connectivity index (χ0v) is 14.0. The summed E-state index contributed by atoms with van der Waals surface area (Å²) in [6.45, 7) is 5.78. The second kappa shape index (κ2) is 6.04. The number of hydrogen-bond acceptors (Lipinski definition) is 4. The quantitative estimate of drug-likeness (QED) is 0.904. The van der Waals surface area contributed by atoms with Crippen LogP contribution in [0.2, 0.25) is 0 Å². The van der Waals surface area contributed by atoms with E-state index in [1.54, 1.807) is 25.1 Å². The van der Waals surface area contributed by atoms with Gasteiger partial charge in [0.25, 0.3) is 11.8 Å². The second-order valence-corrected chi connectivity index (χ2v) is 6.62. The lowest BCUT2D eigenvalue weighted by atomic mass is 10.2. The van der Waals surface area contributed by atoms with Crippen LogP contribution in [0.15, 0.2) is 24.3 Å². The normalized spacial score (nSPS) is 16.3. The van der Waals surface area contributed by atoms with Crippen molar-refractivity contribution in [3.8, 4) is 5.75 Å². The first-order valence-corrected chi connectivity index (χ1v) is 8.31. The van der Waals surface area contributed by atoms with Crippen molar-refractivity contribution in [2.45, 2.75) is 33.3 Å². The summed E-state index contributed by atoms with van der Waals surface area (Å²) in [5.74, 6) is 0.270. The highest BCUT2D eigenvalue weighted by Gasteiger charge is 2.23. The van der Waals surface area contributed by atoms with Crippen LogP contribution < -0.4 is 15.4 Å². The molecule has 5 nitrogen and oxygen atoms in total. The Morgan fingerprint density at radius 3 is 2.87 bits per heavy atom. The Morgan fingerprint density at radius 1 is 1.39 bits per heavy atom. The molecule has 2 N–H and O–H groups in total. The topological polar surface area (TPSA) is 67.4 Å². The Kier molecular flexibility index (Phi) is 4.09. The smallest absolute Gasteiger partial charge is 0.265 e. The van der Waals surface area contributed by atoms with Gasteiger partial charge in [0.2, 0.25) is 0 Å². The van der Waals surface area contributed by atoms with Gasteiger partial charge in [0, 0.05) is 10.6 Å². The van der Waals surface area contributed by atoms with Crippen LogP contribution in [-0.2, 0) is 11.2 Å². The number of rotatable bonds is 3. The van der Waals surface area contributed by atoms with Gasteiger partial charge in [-0.2, -0.15) is 0 Å². The van der Waals surface area contributed by atoms with Crippen LogP contribution in [0.4, 0.5) is 11.4 Å². The average molecular weight is 330 g/mol. The molecule has 0 radical (unpaired) electrons. The maximum Gasteiger partial charge on any atom is 0.265 e. The van der Waals surface area contributed by atoms with Crippen molar-refractivity contribution in [2.24, 2.45) is 0 Å². The van der Waals surface area contributed by atoms with Gasteiger partial charge in [-0.05, 0) is 50.1 Å². The molecular formula is C17H18N2O3S. The third-order valence-corrected chi connectivity index (χ3v) is 5.11. The van der Waals surface area contributed by atoms with Crippen LogP contribution in [-0.4, -0.2) is 17.9 Å². The molecule has 1 atom stereocenters. The molecule has 0 bridgehead atoms. The lowest BCUT2D eigenvalue weighted by molar-refractivity contribution is -0.122. The van der Waals surface area contributed by atoms with Gasteiger partial charge in [-0.1, -0.05) is 6.92 Å². The number of aryl methyl sites for hydroxylation is 2. The third-order valence-electron chi connectivity index (χ3n) is 3.73. The Bertz CT molecular complexity index is 782. The lowest BCUT2D eigenvalue weighted by Gasteiger charge is -2.23. The molecule has 0 spiro atoms. The number of nitrogens with one attached hydrogen (secondary N) is 2. The molecule has 2 amide bonds.